The van der Waals surface area contributed by atoms with E-state index in [2.05, 4.69) is 20.9 Å². The molecule has 4 fully saturated rings. The van der Waals surface area contributed by atoms with Gasteiger partial charge >= 0.3 is 0 Å². The lowest BCUT2D eigenvalue weighted by Gasteiger charge is -2.39. The Balaban J connectivity index is 1.21. The highest BCUT2D eigenvalue weighted by Crippen LogP contribution is 2.55. The lowest BCUT2D eigenvalue weighted by Crippen LogP contribution is -2.58. The van der Waals surface area contributed by atoms with Crippen LogP contribution in [0.15, 0.2) is 29.6 Å². The first-order valence-electron chi connectivity index (χ1n) is 14.2. The molecule has 4 amide bonds. The van der Waals surface area contributed by atoms with E-state index in [0.29, 0.717) is 36.6 Å². The number of piperidine rings is 1. The zero-order chi connectivity index (χ0) is 28.7. The van der Waals surface area contributed by atoms with Gasteiger partial charge in [0.2, 0.25) is 17.6 Å². The van der Waals surface area contributed by atoms with E-state index in [1.54, 1.807) is 22.4 Å². The first-order chi connectivity index (χ1) is 19.7. The second-order valence-corrected chi connectivity index (χ2v) is 13.0. The van der Waals surface area contributed by atoms with Crippen molar-refractivity contribution in [2.75, 3.05) is 13.1 Å². The van der Waals surface area contributed by atoms with Gasteiger partial charge in [-0.1, -0.05) is 23.7 Å². The van der Waals surface area contributed by atoms with Crippen molar-refractivity contribution >= 4 is 52.3 Å². The van der Waals surface area contributed by atoms with Gasteiger partial charge in [-0.2, -0.15) is 0 Å². The van der Waals surface area contributed by atoms with Gasteiger partial charge in [0.05, 0.1) is 11.7 Å². The van der Waals surface area contributed by atoms with Crippen LogP contribution in [0.4, 0.5) is 0 Å². The molecule has 1 spiro atoms. The minimum Gasteiger partial charge on any atom is -0.356 e. The summed E-state index contributed by atoms with van der Waals surface area (Å²) in [5.41, 5.74) is 1.50. The molecule has 216 valence electrons. The van der Waals surface area contributed by atoms with Crippen molar-refractivity contribution in [3.8, 4) is 11.3 Å². The van der Waals surface area contributed by atoms with Gasteiger partial charge in [-0.05, 0) is 68.9 Å². The summed E-state index contributed by atoms with van der Waals surface area (Å²) in [6.07, 6.45) is 5.47. The molecule has 4 aliphatic rings. The van der Waals surface area contributed by atoms with E-state index in [0.717, 1.165) is 37.7 Å². The Hall–Kier alpha value is -3.31. The predicted molar refractivity (Wildman–Crippen MR) is 152 cm³/mol. The highest BCUT2D eigenvalue weighted by molar-refractivity contribution is 7.12. The van der Waals surface area contributed by atoms with Crippen LogP contribution in [0, 0.1) is 11.3 Å². The van der Waals surface area contributed by atoms with Crippen LogP contribution in [0.5, 0.6) is 0 Å². The third-order valence-electron chi connectivity index (χ3n) is 8.69. The molecule has 2 aromatic rings. The summed E-state index contributed by atoms with van der Waals surface area (Å²) < 4.78 is 0. The zero-order valence-electron chi connectivity index (χ0n) is 22.5. The number of Topliss-reactive ketones (excluding diaryl/α,β-unsaturated/α-hetero) is 1. The van der Waals surface area contributed by atoms with Gasteiger partial charge < -0.3 is 20.9 Å². The second-order valence-electron chi connectivity index (χ2n) is 11.7. The van der Waals surface area contributed by atoms with Gasteiger partial charge in [0.15, 0.2) is 5.01 Å². The number of nitrogens with zero attached hydrogens (tertiary/aromatic N) is 2. The van der Waals surface area contributed by atoms with E-state index in [9.17, 15) is 24.0 Å². The van der Waals surface area contributed by atoms with E-state index in [-0.39, 0.29) is 34.7 Å². The van der Waals surface area contributed by atoms with Gasteiger partial charge in [-0.3, -0.25) is 24.0 Å². The third-order valence-corrected chi connectivity index (χ3v) is 9.77. The number of rotatable bonds is 9. The number of ketones is 1. The molecule has 2 aliphatic carbocycles. The first kappa shape index (κ1) is 27.8. The fourth-order valence-electron chi connectivity index (χ4n) is 5.79. The van der Waals surface area contributed by atoms with Crippen LogP contribution in [0.3, 0.4) is 0 Å². The molecule has 0 unspecified atom stereocenters. The number of nitrogens with one attached hydrogen (secondary N) is 3. The van der Waals surface area contributed by atoms with Crippen molar-refractivity contribution in [1.29, 1.82) is 0 Å². The third kappa shape index (κ3) is 6.16. The molecule has 0 bridgehead atoms. The van der Waals surface area contributed by atoms with Crippen molar-refractivity contribution in [3.05, 3.63) is 39.7 Å². The van der Waals surface area contributed by atoms with Crippen molar-refractivity contribution in [2.45, 2.75) is 69.5 Å². The Kier molecular flexibility index (Phi) is 7.58. The van der Waals surface area contributed by atoms with Gasteiger partial charge in [0.1, 0.15) is 6.04 Å². The highest BCUT2D eigenvalue weighted by Gasteiger charge is 2.51. The maximum atomic E-state index is 13.8. The average Bonchev–Trinajstić information content (AvgIpc) is 3.84. The van der Waals surface area contributed by atoms with Gasteiger partial charge in [-0.25, -0.2) is 4.98 Å². The highest BCUT2D eigenvalue weighted by atomic mass is 35.5. The molecule has 0 radical (unpaired) electrons. The van der Waals surface area contributed by atoms with Crippen LogP contribution in [0.1, 0.15) is 61.2 Å². The standard InChI is InChI=1S/C29H32ClN5O5S/c30-18-3-1-16(2-4-18)21-15-41-27(34-21)28(40)35-12-10-29(8-9-29)14-22(35)25(38)33-20(13-17-7-11-31-24(17)37)23(36)26(39)32-19-5-6-19/h1-4,15,17,19-20,22H,5-14H2,(H,31,37)(H,32,39)(H,33,38)/t17-,20-,22-/m0/s1. The Morgan fingerprint density at radius 1 is 1.12 bits per heavy atom. The number of halogens is 1. The van der Waals surface area contributed by atoms with Crippen molar-refractivity contribution in [2.24, 2.45) is 11.3 Å². The maximum Gasteiger partial charge on any atom is 0.289 e. The molecule has 2 saturated carbocycles. The van der Waals surface area contributed by atoms with Crippen LogP contribution in [-0.4, -0.2) is 70.5 Å². The molecular weight excluding hydrogens is 566 g/mol. The minimum absolute atomic E-state index is 0.0182. The minimum atomic E-state index is -1.15. The summed E-state index contributed by atoms with van der Waals surface area (Å²) in [5.74, 6) is -2.98. The second kappa shape index (κ2) is 11.2. The topological polar surface area (TPSA) is 138 Å². The molecular formula is C29H32ClN5O5S. The number of aromatic nitrogens is 1. The first-order valence-corrected chi connectivity index (χ1v) is 15.4. The van der Waals surface area contributed by atoms with E-state index < -0.39 is 35.6 Å². The number of thiazole rings is 1. The van der Waals surface area contributed by atoms with Crippen LogP contribution in [0.25, 0.3) is 11.3 Å². The fraction of sp³-hybridized carbons (Fsp3) is 0.517. The SMILES string of the molecule is O=C(NC1CC1)C(=O)[C@H](C[C@@H]1CCNC1=O)NC(=O)[C@@H]1CC2(CCN1C(=O)c1nc(-c3ccc(Cl)cc3)cs1)CC2. The van der Waals surface area contributed by atoms with E-state index in [1.165, 1.54) is 11.3 Å². The zero-order valence-corrected chi connectivity index (χ0v) is 24.1. The lowest BCUT2D eigenvalue weighted by molar-refractivity contribution is -0.141. The summed E-state index contributed by atoms with van der Waals surface area (Å²) >= 11 is 7.22. The molecule has 3 atom stereocenters. The van der Waals surface area contributed by atoms with Crippen molar-refractivity contribution in [1.82, 2.24) is 25.8 Å². The number of benzene rings is 1. The number of likely N-dealkylation sites (tertiary alicyclic amines) is 1. The summed E-state index contributed by atoms with van der Waals surface area (Å²) in [6.45, 7) is 0.893. The number of carbonyl (C=O) groups is 5. The summed E-state index contributed by atoms with van der Waals surface area (Å²) in [4.78, 5) is 71.8. The van der Waals surface area contributed by atoms with E-state index >= 15 is 0 Å². The molecule has 2 aliphatic heterocycles. The average molecular weight is 598 g/mol. The molecule has 3 N–H and O–H groups in total. The summed E-state index contributed by atoms with van der Waals surface area (Å²) in [5, 5.41) is 10.9. The Morgan fingerprint density at radius 3 is 2.54 bits per heavy atom. The molecule has 1 aromatic carbocycles. The molecule has 12 heteroatoms. The molecule has 6 rings (SSSR count). The summed E-state index contributed by atoms with van der Waals surface area (Å²) in [7, 11) is 0. The molecule has 1 aromatic heterocycles. The normalized spacial score (nSPS) is 23.5. The Morgan fingerprint density at radius 2 is 1.88 bits per heavy atom. The molecule has 2 saturated heterocycles. The maximum absolute atomic E-state index is 13.8. The molecule has 10 nitrogen and oxygen atoms in total. The van der Waals surface area contributed by atoms with Crippen molar-refractivity contribution in [3.63, 3.8) is 0 Å². The van der Waals surface area contributed by atoms with Gasteiger partial charge in [0, 0.05) is 41.0 Å². The quantitative estimate of drug-likeness (QED) is 0.380. The Labute approximate surface area is 246 Å². The van der Waals surface area contributed by atoms with Crippen LogP contribution >= 0.6 is 22.9 Å². The van der Waals surface area contributed by atoms with E-state index in [1.807, 2.05) is 12.1 Å². The number of hydrogen-bond acceptors (Lipinski definition) is 7. The number of amides is 4. The van der Waals surface area contributed by atoms with Crippen LogP contribution in [0.2, 0.25) is 5.02 Å². The van der Waals surface area contributed by atoms with Crippen molar-refractivity contribution < 1.29 is 24.0 Å². The largest absolute Gasteiger partial charge is 0.356 e. The number of carbonyl (C=O) groups excluding carboxylic acids is 5. The monoisotopic (exact) mass is 597 g/mol. The lowest BCUT2D eigenvalue weighted by atomic mass is 9.87. The van der Waals surface area contributed by atoms with E-state index in [4.69, 9.17) is 11.6 Å². The molecule has 41 heavy (non-hydrogen) atoms. The predicted octanol–water partition coefficient (Wildman–Crippen LogP) is 2.71. The molecule has 3 heterocycles. The van der Waals surface area contributed by atoms with Gasteiger partial charge in [-0.15, -0.1) is 11.3 Å². The Bertz CT molecular complexity index is 1390. The smallest absolute Gasteiger partial charge is 0.289 e. The fourth-order valence-corrected chi connectivity index (χ4v) is 6.70. The van der Waals surface area contributed by atoms with Crippen LogP contribution in [-0.2, 0) is 19.2 Å². The summed E-state index contributed by atoms with van der Waals surface area (Å²) in [6, 6.07) is 5.21. The number of hydrogen-bond donors (Lipinski definition) is 3. The van der Waals surface area contributed by atoms with Crippen LogP contribution < -0.4 is 16.0 Å². The van der Waals surface area contributed by atoms with Gasteiger partial charge in [0.25, 0.3) is 11.8 Å².